The van der Waals surface area contributed by atoms with Gasteiger partial charge in [0.15, 0.2) is 0 Å². The molecular formula is C21H27NO3. The number of nitrogens with zero attached hydrogens (tertiary/aromatic N) is 1. The van der Waals surface area contributed by atoms with Gasteiger partial charge in [0.1, 0.15) is 5.75 Å². The summed E-state index contributed by atoms with van der Waals surface area (Å²) in [6.45, 7) is 7.75. The first-order valence-corrected chi connectivity index (χ1v) is 8.71. The Hall–Kier alpha value is -2.20. The van der Waals surface area contributed by atoms with Crippen LogP contribution in [0.3, 0.4) is 0 Å². The van der Waals surface area contributed by atoms with E-state index >= 15 is 0 Å². The quantitative estimate of drug-likeness (QED) is 0.588. The van der Waals surface area contributed by atoms with Crippen LogP contribution in [0.15, 0.2) is 42.7 Å². The number of aromatic nitrogens is 1. The van der Waals surface area contributed by atoms with Crippen LogP contribution < -0.4 is 4.74 Å². The lowest BCUT2D eigenvalue weighted by molar-refractivity contribution is 0.0678. The maximum Gasteiger partial charge on any atom is 0.343 e. The van der Waals surface area contributed by atoms with Gasteiger partial charge < -0.3 is 9.84 Å². The van der Waals surface area contributed by atoms with Crippen LogP contribution in [0.1, 0.15) is 67.4 Å². The molecule has 4 heteroatoms. The van der Waals surface area contributed by atoms with Gasteiger partial charge in [-0.2, -0.15) is 0 Å². The zero-order chi connectivity index (χ0) is 18.4. The average Bonchev–Trinajstić information content (AvgIpc) is 2.54. The number of aryl methyl sites for hydroxylation is 1. The minimum Gasteiger partial charge on any atom is -0.423 e. The summed E-state index contributed by atoms with van der Waals surface area (Å²) in [6, 6.07) is 9.25. The largest absolute Gasteiger partial charge is 0.423 e. The summed E-state index contributed by atoms with van der Waals surface area (Å²) in [5.41, 5.74) is 1.90. The summed E-state index contributed by atoms with van der Waals surface area (Å²) < 4.78 is 5.66. The standard InChI is InChI=1S/C21H27NO3/c1-15-7-8-18(16(2)6-5-11-21(3,4)24)19(14-15)25-20(23)17-9-12-22-13-10-17/h7-10,12-14,16,24H,5-6,11H2,1-4H3/t16-/m0/s1. The highest BCUT2D eigenvalue weighted by molar-refractivity contribution is 5.91. The molecule has 4 nitrogen and oxygen atoms in total. The maximum atomic E-state index is 12.4. The van der Waals surface area contributed by atoms with Crippen LogP contribution in [0.5, 0.6) is 5.75 Å². The average molecular weight is 341 g/mol. The molecule has 1 N–H and O–H groups in total. The molecule has 0 radical (unpaired) electrons. The summed E-state index contributed by atoms with van der Waals surface area (Å²) in [5, 5.41) is 9.86. The summed E-state index contributed by atoms with van der Waals surface area (Å²) >= 11 is 0. The number of ether oxygens (including phenoxy) is 1. The highest BCUT2D eigenvalue weighted by Crippen LogP contribution is 2.32. The fourth-order valence-corrected chi connectivity index (χ4v) is 2.78. The number of hydrogen-bond donors (Lipinski definition) is 1. The SMILES string of the molecule is Cc1ccc([C@@H](C)CCCC(C)(C)O)c(OC(=O)c2ccncc2)c1. The Bertz CT molecular complexity index is 705. The molecule has 1 aromatic heterocycles. The van der Waals surface area contributed by atoms with Crippen LogP contribution in [-0.4, -0.2) is 21.7 Å². The summed E-state index contributed by atoms with van der Waals surface area (Å²) in [7, 11) is 0. The predicted molar refractivity (Wildman–Crippen MR) is 98.9 cm³/mol. The summed E-state index contributed by atoms with van der Waals surface area (Å²) in [4.78, 5) is 16.3. The zero-order valence-electron chi connectivity index (χ0n) is 15.5. The first-order valence-electron chi connectivity index (χ1n) is 8.71. The van der Waals surface area contributed by atoms with Gasteiger partial charge in [-0.1, -0.05) is 25.5 Å². The highest BCUT2D eigenvalue weighted by atomic mass is 16.5. The second kappa shape index (κ2) is 8.26. The lowest BCUT2D eigenvalue weighted by Gasteiger charge is -2.20. The van der Waals surface area contributed by atoms with Crippen LogP contribution >= 0.6 is 0 Å². The lowest BCUT2D eigenvalue weighted by Crippen LogP contribution is -2.18. The van der Waals surface area contributed by atoms with E-state index in [1.165, 1.54) is 0 Å². The Labute approximate surface area is 149 Å². The van der Waals surface area contributed by atoms with E-state index in [-0.39, 0.29) is 11.9 Å². The highest BCUT2D eigenvalue weighted by Gasteiger charge is 2.18. The van der Waals surface area contributed by atoms with Gasteiger partial charge in [-0.05, 0) is 68.9 Å². The van der Waals surface area contributed by atoms with Gasteiger partial charge in [-0.15, -0.1) is 0 Å². The van der Waals surface area contributed by atoms with Crippen LogP contribution in [0.2, 0.25) is 0 Å². The molecule has 25 heavy (non-hydrogen) atoms. The molecule has 134 valence electrons. The molecule has 0 unspecified atom stereocenters. The van der Waals surface area contributed by atoms with Crippen LogP contribution in [0, 0.1) is 6.92 Å². The number of benzene rings is 1. The van der Waals surface area contributed by atoms with Crippen molar-refractivity contribution in [3.8, 4) is 5.75 Å². The number of carbonyl (C=O) groups excluding carboxylic acids is 1. The van der Waals surface area contributed by atoms with Crippen LogP contribution in [-0.2, 0) is 0 Å². The van der Waals surface area contributed by atoms with Crippen molar-refractivity contribution in [2.24, 2.45) is 0 Å². The number of pyridine rings is 1. The van der Waals surface area contributed by atoms with Crippen molar-refractivity contribution in [1.82, 2.24) is 4.98 Å². The second-order valence-corrected chi connectivity index (χ2v) is 7.27. The number of esters is 1. The molecular weight excluding hydrogens is 314 g/mol. The van der Waals surface area contributed by atoms with E-state index in [1.807, 2.05) is 39.0 Å². The molecule has 0 fully saturated rings. The molecule has 0 saturated carbocycles. The first kappa shape index (κ1) is 19.1. The van der Waals surface area contributed by atoms with Gasteiger partial charge >= 0.3 is 5.97 Å². The molecule has 0 bridgehead atoms. The summed E-state index contributed by atoms with van der Waals surface area (Å²) in [6.07, 6.45) is 5.73. The zero-order valence-corrected chi connectivity index (χ0v) is 15.5. The third-order valence-corrected chi connectivity index (χ3v) is 4.24. The van der Waals surface area contributed by atoms with Crippen molar-refractivity contribution < 1.29 is 14.6 Å². The van der Waals surface area contributed by atoms with Crippen molar-refractivity contribution in [2.75, 3.05) is 0 Å². The van der Waals surface area contributed by atoms with Crippen LogP contribution in [0.25, 0.3) is 0 Å². The van der Waals surface area contributed by atoms with Crippen molar-refractivity contribution >= 4 is 5.97 Å². The fraction of sp³-hybridized carbons (Fsp3) is 0.429. The van der Waals surface area contributed by atoms with E-state index in [2.05, 4.69) is 11.9 Å². The van der Waals surface area contributed by atoms with Gasteiger partial charge in [-0.25, -0.2) is 4.79 Å². The Kier molecular flexibility index (Phi) is 6.32. The van der Waals surface area contributed by atoms with Gasteiger partial charge in [-0.3, -0.25) is 4.98 Å². The second-order valence-electron chi connectivity index (χ2n) is 7.27. The number of rotatable bonds is 7. The molecule has 0 aliphatic rings. The van der Waals surface area contributed by atoms with E-state index in [4.69, 9.17) is 4.74 Å². The number of carbonyl (C=O) groups is 1. The smallest absolute Gasteiger partial charge is 0.343 e. The van der Waals surface area contributed by atoms with Gasteiger partial charge in [0.2, 0.25) is 0 Å². The molecule has 1 aromatic carbocycles. The van der Waals surface area contributed by atoms with Gasteiger partial charge in [0.25, 0.3) is 0 Å². The van der Waals surface area contributed by atoms with Crippen molar-refractivity contribution in [3.63, 3.8) is 0 Å². The minimum absolute atomic E-state index is 0.239. The monoisotopic (exact) mass is 341 g/mol. The third kappa shape index (κ3) is 5.98. The molecule has 0 aliphatic carbocycles. The van der Waals surface area contributed by atoms with E-state index < -0.39 is 5.60 Å². The van der Waals surface area contributed by atoms with E-state index in [1.54, 1.807) is 24.5 Å². The number of aliphatic hydroxyl groups is 1. The Morgan fingerprint density at radius 2 is 1.92 bits per heavy atom. The molecule has 0 spiro atoms. The Balaban J connectivity index is 2.12. The Morgan fingerprint density at radius 1 is 1.24 bits per heavy atom. The molecule has 2 aromatic rings. The predicted octanol–water partition coefficient (Wildman–Crippen LogP) is 4.65. The molecule has 2 rings (SSSR count). The Morgan fingerprint density at radius 3 is 2.56 bits per heavy atom. The van der Waals surface area contributed by atoms with Crippen molar-refractivity contribution in [1.29, 1.82) is 0 Å². The maximum absolute atomic E-state index is 12.4. The van der Waals surface area contributed by atoms with Crippen molar-refractivity contribution in [2.45, 2.75) is 58.5 Å². The topological polar surface area (TPSA) is 59.4 Å². The van der Waals surface area contributed by atoms with E-state index in [9.17, 15) is 9.90 Å². The molecule has 0 amide bonds. The fourth-order valence-electron chi connectivity index (χ4n) is 2.78. The molecule has 0 saturated heterocycles. The normalized spacial score (nSPS) is 12.7. The van der Waals surface area contributed by atoms with E-state index in [0.29, 0.717) is 11.3 Å². The molecule has 1 atom stereocenters. The van der Waals surface area contributed by atoms with Crippen molar-refractivity contribution in [3.05, 3.63) is 59.4 Å². The third-order valence-electron chi connectivity index (χ3n) is 4.24. The van der Waals surface area contributed by atoms with E-state index in [0.717, 1.165) is 30.4 Å². The first-order chi connectivity index (χ1) is 11.8. The molecule has 0 aliphatic heterocycles. The van der Waals surface area contributed by atoms with Gasteiger partial charge in [0, 0.05) is 12.4 Å². The van der Waals surface area contributed by atoms with Crippen LogP contribution in [0.4, 0.5) is 0 Å². The lowest BCUT2D eigenvalue weighted by atomic mass is 9.91. The summed E-state index contributed by atoms with van der Waals surface area (Å²) in [5.74, 6) is 0.471. The minimum atomic E-state index is -0.649. The molecule has 1 heterocycles. The number of hydrogen-bond acceptors (Lipinski definition) is 4. The van der Waals surface area contributed by atoms with Gasteiger partial charge in [0.05, 0.1) is 11.2 Å².